The Hall–Kier alpha value is -4.26. The first kappa shape index (κ1) is 25.0. The number of fused-ring (bicyclic) bond motifs is 2. The number of amides is 4. The number of carbonyl (C=O) groups is 3. The van der Waals surface area contributed by atoms with Gasteiger partial charge in [0, 0.05) is 44.9 Å². The first-order chi connectivity index (χ1) is 18.7. The summed E-state index contributed by atoms with van der Waals surface area (Å²) in [6, 6.07) is 4.87. The second-order valence-corrected chi connectivity index (χ2v) is 9.80. The number of nitrogens with zero attached hydrogens (tertiary/aromatic N) is 4. The molecular weight excluding hydrogens is 514 g/mol. The third-order valence-electron chi connectivity index (χ3n) is 7.62. The van der Waals surface area contributed by atoms with E-state index >= 15 is 4.39 Å². The zero-order valence-corrected chi connectivity index (χ0v) is 21.3. The van der Waals surface area contributed by atoms with Gasteiger partial charge in [0.2, 0.25) is 0 Å². The Balaban J connectivity index is 1.35. The van der Waals surface area contributed by atoms with Crippen molar-refractivity contribution in [1.29, 1.82) is 0 Å². The molecule has 11 nitrogen and oxygen atoms in total. The summed E-state index contributed by atoms with van der Waals surface area (Å²) in [5.74, 6) is -2.73. The lowest BCUT2D eigenvalue weighted by Gasteiger charge is -2.34. The van der Waals surface area contributed by atoms with Gasteiger partial charge in [-0.05, 0) is 18.2 Å². The minimum absolute atomic E-state index is 0.000966. The minimum Gasteiger partial charge on any atom is -0.494 e. The number of halogens is 2. The van der Waals surface area contributed by atoms with E-state index in [-0.39, 0.29) is 41.6 Å². The van der Waals surface area contributed by atoms with Gasteiger partial charge in [0.25, 0.3) is 11.8 Å². The van der Waals surface area contributed by atoms with E-state index < -0.39 is 35.0 Å². The monoisotopic (exact) mass is 540 g/mol. The molecule has 4 amide bonds. The molecule has 2 aromatic heterocycles. The first-order valence-corrected chi connectivity index (χ1v) is 12.6. The molecule has 5 heterocycles. The lowest BCUT2D eigenvalue weighted by Crippen LogP contribution is -2.52. The number of likely N-dealkylation sites (N-methyl/N-ethyl adjacent to an activating group) is 1. The highest BCUT2D eigenvalue weighted by Gasteiger charge is 2.53. The van der Waals surface area contributed by atoms with Gasteiger partial charge in [0.1, 0.15) is 11.3 Å². The molecule has 39 heavy (non-hydrogen) atoms. The largest absolute Gasteiger partial charge is 0.494 e. The van der Waals surface area contributed by atoms with Gasteiger partial charge in [-0.2, -0.15) is 0 Å². The van der Waals surface area contributed by atoms with Crippen LogP contribution in [0.2, 0.25) is 0 Å². The summed E-state index contributed by atoms with van der Waals surface area (Å²) in [5.41, 5.74) is -1.20. The number of imide groups is 1. The number of benzene rings is 1. The van der Waals surface area contributed by atoms with E-state index in [2.05, 4.69) is 27.4 Å². The molecule has 2 saturated heterocycles. The summed E-state index contributed by atoms with van der Waals surface area (Å²) in [6.07, 6.45) is 0. The van der Waals surface area contributed by atoms with Crippen LogP contribution in [0.15, 0.2) is 28.7 Å². The van der Waals surface area contributed by atoms with Gasteiger partial charge in [0.15, 0.2) is 34.3 Å². The number of aromatic nitrogens is 1. The number of urea groups is 1. The van der Waals surface area contributed by atoms with Crippen LogP contribution < -0.4 is 20.3 Å². The average Bonchev–Trinajstić information content (AvgIpc) is 3.57. The molecule has 2 fully saturated rings. The van der Waals surface area contributed by atoms with Gasteiger partial charge in [-0.15, -0.1) is 0 Å². The van der Waals surface area contributed by atoms with Crippen LogP contribution in [0.25, 0.3) is 11.1 Å². The molecule has 0 aliphatic carbocycles. The second-order valence-electron chi connectivity index (χ2n) is 9.80. The fourth-order valence-electron chi connectivity index (χ4n) is 5.46. The Labute approximate surface area is 221 Å². The van der Waals surface area contributed by atoms with Crippen molar-refractivity contribution in [1.82, 2.24) is 25.4 Å². The number of methoxy groups -OCH3 is 1. The Kier molecular flexibility index (Phi) is 5.90. The predicted molar refractivity (Wildman–Crippen MR) is 134 cm³/mol. The first-order valence-electron chi connectivity index (χ1n) is 12.6. The quantitative estimate of drug-likeness (QED) is 0.456. The molecule has 3 aromatic rings. The van der Waals surface area contributed by atoms with Crippen molar-refractivity contribution in [2.24, 2.45) is 0 Å². The summed E-state index contributed by atoms with van der Waals surface area (Å²) in [7, 11) is 1.30. The Bertz CT molecular complexity index is 1520. The van der Waals surface area contributed by atoms with Crippen LogP contribution in [-0.4, -0.2) is 79.0 Å². The van der Waals surface area contributed by atoms with Gasteiger partial charge in [0.05, 0.1) is 19.2 Å². The maximum absolute atomic E-state index is 15.1. The molecule has 3 aliphatic rings. The average molecular weight is 541 g/mol. The van der Waals surface area contributed by atoms with Gasteiger partial charge in [-0.25, -0.2) is 18.6 Å². The summed E-state index contributed by atoms with van der Waals surface area (Å²) in [4.78, 5) is 48.5. The van der Waals surface area contributed by atoms with Crippen molar-refractivity contribution in [3.8, 4) is 5.75 Å². The smallest absolute Gasteiger partial charge is 0.322 e. The van der Waals surface area contributed by atoms with Gasteiger partial charge < -0.3 is 29.2 Å². The minimum atomic E-state index is -1.83. The molecule has 1 atom stereocenters. The molecule has 0 spiro atoms. The van der Waals surface area contributed by atoms with Gasteiger partial charge >= 0.3 is 6.03 Å². The van der Waals surface area contributed by atoms with E-state index in [1.165, 1.54) is 30.2 Å². The molecule has 2 N–H and O–H groups in total. The van der Waals surface area contributed by atoms with Gasteiger partial charge in [-0.1, -0.05) is 13.0 Å². The summed E-state index contributed by atoms with van der Waals surface area (Å²) in [5, 5.41) is 4.75. The van der Waals surface area contributed by atoms with E-state index in [9.17, 15) is 18.8 Å². The highest BCUT2D eigenvalue weighted by molar-refractivity contribution is 6.08. The molecular formula is C26H26F2N6O5. The number of piperazine rings is 1. The SMILES string of the molecule is CCN1CCN(c2nc3cc([C@]4(CN5Cc6ccc(OC)c(F)c6C5=O)NC(=O)NC4=O)oc3cc2F)CC1. The normalized spacial score (nSPS) is 21.5. The number of hydrogen-bond acceptors (Lipinski definition) is 8. The van der Waals surface area contributed by atoms with Crippen molar-refractivity contribution < 1.29 is 32.3 Å². The van der Waals surface area contributed by atoms with Crippen LogP contribution in [0.3, 0.4) is 0 Å². The molecule has 3 aliphatic heterocycles. The fourth-order valence-corrected chi connectivity index (χ4v) is 5.46. The third-order valence-corrected chi connectivity index (χ3v) is 7.62. The molecule has 0 radical (unpaired) electrons. The number of ether oxygens (including phenoxy) is 1. The molecule has 13 heteroatoms. The predicted octanol–water partition coefficient (Wildman–Crippen LogP) is 1.95. The number of nitrogens with one attached hydrogen (secondary N) is 2. The zero-order chi connectivity index (χ0) is 27.5. The van der Waals surface area contributed by atoms with Crippen molar-refractivity contribution in [2.45, 2.75) is 19.0 Å². The van der Waals surface area contributed by atoms with Crippen LogP contribution >= 0.6 is 0 Å². The van der Waals surface area contributed by atoms with Gasteiger partial charge in [-0.3, -0.25) is 14.9 Å². The van der Waals surface area contributed by atoms with E-state index in [4.69, 9.17) is 9.15 Å². The van der Waals surface area contributed by atoms with Crippen LogP contribution in [0.4, 0.5) is 19.4 Å². The third kappa shape index (κ3) is 3.95. The Morgan fingerprint density at radius 2 is 1.90 bits per heavy atom. The fraction of sp³-hybridized carbons (Fsp3) is 0.385. The van der Waals surface area contributed by atoms with Crippen molar-refractivity contribution in [3.63, 3.8) is 0 Å². The summed E-state index contributed by atoms with van der Waals surface area (Å²) < 4.78 is 40.9. The lowest BCUT2D eigenvalue weighted by atomic mass is 9.95. The van der Waals surface area contributed by atoms with Crippen LogP contribution in [0, 0.1) is 11.6 Å². The lowest BCUT2D eigenvalue weighted by molar-refractivity contribution is -0.125. The maximum Gasteiger partial charge on any atom is 0.322 e. The Morgan fingerprint density at radius 1 is 1.13 bits per heavy atom. The number of carbonyl (C=O) groups excluding carboxylic acids is 3. The standard InChI is InChI=1S/C26H26F2N6O5/c1-3-32-6-8-33(9-7-32)22-15(27)10-18-16(29-22)11-19(39-18)26(24(36)30-25(37)31-26)13-34-12-14-4-5-17(38-2)21(28)20(14)23(34)35/h4-5,10-11H,3,6-9,12-13H2,1-2H3,(H2,30,31,36,37)/t26-/m0/s1. The van der Waals surface area contributed by atoms with E-state index in [0.29, 0.717) is 24.2 Å². The van der Waals surface area contributed by atoms with Crippen molar-refractivity contribution in [2.75, 3.05) is 51.3 Å². The topological polar surface area (TPSA) is 120 Å². The summed E-state index contributed by atoms with van der Waals surface area (Å²) in [6.45, 7) is 5.40. The highest BCUT2D eigenvalue weighted by atomic mass is 19.1. The molecule has 6 rings (SSSR count). The number of anilines is 1. The van der Waals surface area contributed by atoms with Crippen LogP contribution in [0.1, 0.15) is 28.6 Å². The van der Waals surface area contributed by atoms with Crippen molar-refractivity contribution in [3.05, 3.63) is 52.8 Å². The van der Waals surface area contributed by atoms with E-state index in [0.717, 1.165) is 19.6 Å². The van der Waals surface area contributed by atoms with Crippen molar-refractivity contribution >= 4 is 34.8 Å². The molecule has 1 aromatic carbocycles. The molecule has 0 saturated carbocycles. The number of furan rings is 1. The molecule has 0 unspecified atom stereocenters. The zero-order valence-electron chi connectivity index (χ0n) is 21.3. The second kappa shape index (κ2) is 9.19. The van der Waals surface area contributed by atoms with Crippen LogP contribution in [0.5, 0.6) is 5.75 Å². The Morgan fingerprint density at radius 3 is 2.56 bits per heavy atom. The van der Waals surface area contributed by atoms with Crippen LogP contribution in [-0.2, 0) is 16.9 Å². The maximum atomic E-state index is 15.1. The van der Waals surface area contributed by atoms with E-state index in [1.807, 2.05) is 4.90 Å². The van der Waals surface area contributed by atoms with E-state index in [1.54, 1.807) is 6.07 Å². The number of rotatable bonds is 6. The number of hydrogen-bond donors (Lipinski definition) is 2. The molecule has 204 valence electrons. The number of pyridine rings is 1. The highest BCUT2D eigenvalue weighted by Crippen LogP contribution is 2.36. The summed E-state index contributed by atoms with van der Waals surface area (Å²) >= 11 is 0. The molecule has 0 bridgehead atoms.